The first-order chi connectivity index (χ1) is 6.11. The summed E-state index contributed by atoms with van der Waals surface area (Å²) in [6, 6.07) is 7.09. The SMILES string of the molecule is C=C(I)C(=O)Nc1ccccc1N. The van der Waals surface area contributed by atoms with Crippen LogP contribution >= 0.6 is 22.6 Å². The van der Waals surface area contributed by atoms with E-state index >= 15 is 0 Å². The van der Waals surface area contributed by atoms with Crippen LogP contribution < -0.4 is 11.1 Å². The number of hydrogen-bond acceptors (Lipinski definition) is 2. The van der Waals surface area contributed by atoms with Crippen molar-refractivity contribution in [2.45, 2.75) is 0 Å². The highest BCUT2D eigenvalue weighted by Gasteiger charge is 2.04. The first-order valence-corrected chi connectivity index (χ1v) is 4.69. The van der Waals surface area contributed by atoms with E-state index in [0.717, 1.165) is 0 Å². The molecule has 68 valence electrons. The summed E-state index contributed by atoms with van der Waals surface area (Å²) in [5, 5.41) is 2.64. The second kappa shape index (κ2) is 4.27. The molecule has 0 aromatic heterocycles. The molecule has 1 aromatic rings. The Balaban J connectivity index is 2.81. The number of halogens is 1. The second-order valence-electron chi connectivity index (χ2n) is 2.45. The number of hydrogen-bond donors (Lipinski definition) is 2. The lowest BCUT2D eigenvalue weighted by molar-refractivity contribution is -0.112. The first-order valence-electron chi connectivity index (χ1n) is 3.61. The zero-order chi connectivity index (χ0) is 9.84. The van der Waals surface area contributed by atoms with Gasteiger partial charge in [0.25, 0.3) is 5.91 Å². The topological polar surface area (TPSA) is 55.1 Å². The second-order valence-corrected chi connectivity index (χ2v) is 3.75. The van der Waals surface area contributed by atoms with Crippen molar-refractivity contribution >= 4 is 39.9 Å². The zero-order valence-corrected chi connectivity index (χ0v) is 9.04. The summed E-state index contributed by atoms with van der Waals surface area (Å²) < 4.78 is 0.431. The molecule has 0 aliphatic carbocycles. The van der Waals surface area contributed by atoms with Crippen molar-refractivity contribution in [1.82, 2.24) is 0 Å². The largest absolute Gasteiger partial charge is 0.397 e. The summed E-state index contributed by atoms with van der Waals surface area (Å²) in [5.41, 5.74) is 6.79. The minimum Gasteiger partial charge on any atom is -0.397 e. The van der Waals surface area contributed by atoms with E-state index in [9.17, 15) is 4.79 Å². The normalized spacial score (nSPS) is 9.31. The van der Waals surface area contributed by atoms with Crippen LogP contribution in [-0.2, 0) is 4.79 Å². The molecular formula is C9H9IN2O. The van der Waals surface area contributed by atoms with E-state index in [1.54, 1.807) is 12.1 Å². The van der Waals surface area contributed by atoms with Gasteiger partial charge < -0.3 is 11.1 Å². The predicted molar refractivity (Wildman–Crippen MR) is 62.6 cm³/mol. The third-order valence-corrected chi connectivity index (χ3v) is 1.95. The van der Waals surface area contributed by atoms with E-state index in [2.05, 4.69) is 11.9 Å². The first kappa shape index (κ1) is 10.0. The molecule has 0 atom stereocenters. The molecule has 0 unspecified atom stereocenters. The Morgan fingerprint density at radius 1 is 1.46 bits per heavy atom. The number of amides is 1. The van der Waals surface area contributed by atoms with Crippen molar-refractivity contribution in [2.75, 3.05) is 11.1 Å². The van der Waals surface area contributed by atoms with Gasteiger partial charge in [-0.2, -0.15) is 0 Å². The van der Waals surface area contributed by atoms with Crippen molar-refractivity contribution in [1.29, 1.82) is 0 Å². The molecule has 0 heterocycles. The van der Waals surface area contributed by atoms with Crippen molar-refractivity contribution in [3.8, 4) is 0 Å². The van der Waals surface area contributed by atoms with Crippen molar-refractivity contribution in [3.05, 3.63) is 34.4 Å². The van der Waals surface area contributed by atoms with Crippen LogP contribution in [0.2, 0.25) is 0 Å². The molecule has 0 radical (unpaired) electrons. The van der Waals surface area contributed by atoms with E-state index < -0.39 is 0 Å². The van der Waals surface area contributed by atoms with Crippen molar-refractivity contribution in [2.24, 2.45) is 0 Å². The Bertz CT molecular complexity index is 349. The minimum atomic E-state index is -0.224. The Kier molecular flexibility index (Phi) is 3.30. The average molecular weight is 288 g/mol. The maximum atomic E-state index is 11.2. The summed E-state index contributed by atoms with van der Waals surface area (Å²) in [7, 11) is 0. The van der Waals surface area contributed by atoms with Crippen LogP contribution in [0.1, 0.15) is 0 Å². The smallest absolute Gasteiger partial charge is 0.261 e. The Morgan fingerprint density at radius 3 is 2.62 bits per heavy atom. The van der Waals surface area contributed by atoms with Gasteiger partial charge in [0, 0.05) is 0 Å². The molecule has 0 saturated heterocycles. The Labute approximate surface area is 90.1 Å². The maximum Gasteiger partial charge on any atom is 0.261 e. The number of rotatable bonds is 2. The fraction of sp³-hybridized carbons (Fsp3) is 0. The van der Waals surface area contributed by atoms with E-state index in [-0.39, 0.29) is 5.91 Å². The molecule has 1 rings (SSSR count). The fourth-order valence-electron chi connectivity index (χ4n) is 0.801. The molecule has 1 aromatic carbocycles. The van der Waals surface area contributed by atoms with E-state index in [4.69, 9.17) is 5.73 Å². The highest BCUT2D eigenvalue weighted by Crippen LogP contribution is 2.18. The lowest BCUT2D eigenvalue weighted by Crippen LogP contribution is -2.11. The number of benzene rings is 1. The number of nitrogen functional groups attached to an aromatic ring is 1. The van der Waals surface area contributed by atoms with Crippen molar-refractivity contribution in [3.63, 3.8) is 0 Å². The summed E-state index contributed by atoms with van der Waals surface area (Å²) in [5.74, 6) is -0.224. The van der Waals surface area contributed by atoms with Crippen LogP contribution in [0.4, 0.5) is 11.4 Å². The van der Waals surface area contributed by atoms with Gasteiger partial charge in [-0.15, -0.1) is 0 Å². The van der Waals surface area contributed by atoms with Gasteiger partial charge in [-0.3, -0.25) is 4.79 Å². The van der Waals surface area contributed by atoms with Gasteiger partial charge >= 0.3 is 0 Å². The van der Waals surface area contributed by atoms with E-state index in [0.29, 0.717) is 15.0 Å². The summed E-state index contributed by atoms with van der Waals surface area (Å²) in [6.07, 6.45) is 0. The molecule has 3 N–H and O–H groups in total. The number of para-hydroxylation sites is 2. The van der Waals surface area contributed by atoms with Gasteiger partial charge in [-0.1, -0.05) is 18.7 Å². The van der Waals surface area contributed by atoms with Crippen LogP contribution in [0.25, 0.3) is 0 Å². The zero-order valence-electron chi connectivity index (χ0n) is 6.88. The molecule has 4 heteroatoms. The van der Waals surface area contributed by atoms with Gasteiger partial charge in [-0.25, -0.2) is 0 Å². The minimum absolute atomic E-state index is 0.224. The molecule has 0 aliphatic rings. The number of anilines is 2. The number of nitrogens with two attached hydrogens (primary N) is 1. The van der Waals surface area contributed by atoms with Gasteiger partial charge in [0.05, 0.1) is 15.0 Å². The third-order valence-electron chi connectivity index (χ3n) is 1.46. The number of nitrogens with one attached hydrogen (secondary N) is 1. The fourth-order valence-corrected chi connectivity index (χ4v) is 0.936. The van der Waals surface area contributed by atoms with Crippen LogP contribution in [0.5, 0.6) is 0 Å². The molecular weight excluding hydrogens is 279 g/mol. The lowest BCUT2D eigenvalue weighted by atomic mass is 10.2. The Hall–Kier alpha value is -1.04. The lowest BCUT2D eigenvalue weighted by Gasteiger charge is -2.05. The molecule has 0 fully saturated rings. The maximum absolute atomic E-state index is 11.2. The monoisotopic (exact) mass is 288 g/mol. The molecule has 1 amide bonds. The molecule has 3 nitrogen and oxygen atoms in total. The summed E-state index contributed by atoms with van der Waals surface area (Å²) in [4.78, 5) is 11.2. The van der Waals surface area contributed by atoms with E-state index in [1.807, 2.05) is 34.7 Å². The Morgan fingerprint density at radius 2 is 2.08 bits per heavy atom. The van der Waals surface area contributed by atoms with Gasteiger partial charge in [0.1, 0.15) is 0 Å². The van der Waals surface area contributed by atoms with Crippen LogP contribution in [0.15, 0.2) is 34.4 Å². The highest BCUT2D eigenvalue weighted by molar-refractivity contribution is 14.1. The highest BCUT2D eigenvalue weighted by atomic mass is 127. The van der Waals surface area contributed by atoms with Crippen molar-refractivity contribution < 1.29 is 4.79 Å². The van der Waals surface area contributed by atoms with E-state index in [1.165, 1.54) is 0 Å². The molecule has 0 bridgehead atoms. The predicted octanol–water partition coefficient (Wildman–Crippen LogP) is 2.16. The quantitative estimate of drug-likeness (QED) is 0.498. The average Bonchev–Trinajstić information content (AvgIpc) is 2.08. The van der Waals surface area contributed by atoms with Gasteiger partial charge in [-0.05, 0) is 34.7 Å². The van der Waals surface area contributed by atoms with Crippen LogP contribution in [-0.4, -0.2) is 5.91 Å². The van der Waals surface area contributed by atoms with Gasteiger partial charge in [0.2, 0.25) is 0 Å². The molecule has 0 saturated carbocycles. The molecule has 0 spiro atoms. The standard InChI is InChI=1S/C9H9IN2O/c1-6(10)9(13)12-8-5-3-2-4-7(8)11/h2-5H,1,11H2,(H,12,13). The third kappa shape index (κ3) is 2.73. The molecule has 0 aliphatic heterocycles. The molecule has 13 heavy (non-hydrogen) atoms. The van der Waals surface area contributed by atoms with Crippen LogP contribution in [0, 0.1) is 0 Å². The summed E-state index contributed by atoms with van der Waals surface area (Å²) in [6.45, 7) is 3.51. The number of carbonyl (C=O) groups excluding carboxylic acids is 1. The summed E-state index contributed by atoms with van der Waals surface area (Å²) >= 11 is 1.86. The number of carbonyl (C=O) groups is 1. The van der Waals surface area contributed by atoms with Gasteiger partial charge in [0.15, 0.2) is 0 Å². The van der Waals surface area contributed by atoms with Crippen LogP contribution in [0.3, 0.4) is 0 Å².